The predicted molar refractivity (Wildman–Crippen MR) is 177 cm³/mol. The smallest absolute Gasteiger partial charge is 0.409 e. The molecule has 0 saturated carbocycles. The number of carbonyl (C=O) groups excluding carboxylic acids is 2. The first kappa shape index (κ1) is 31.4. The van der Waals surface area contributed by atoms with Gasteiger partial charge in [0.2, 0.25) is 0 Å². The molecule has 2 heterocycles. The molecule has 1 unspecified atom stereocenters. The summed E-state index contributed by atoms with van der Waals surface area (Å²) < 4.78 is 22.4. The average Bonchev–Trinajstić information content (AvgIpc) is 3.35. The fourth-order valence-electron chi connectivity index (χ4n) is 6.93. The lowest BCUT2D eigenvalue weighted by Crippen LogP contribution is -2.44. The van der Waals surface area contributed by atoms with Crippen LogP contribution in [0.1, 0.15) is 54.0 Å². The molecule has 1 atom stereocenters. The van der Waals surface area contributed by atoms with E-state index in [4.69, 9.17) is 24.7 Å². The number of rotatable bonds is 9. The van der Waals surface area contributed by atoms with Crippen molar-refractivity contribution >= 4 is 28.7 Å². The number of ether oxygens (including phenoxy) is 4. The lowest BCUT2D eigenvalue weighted by Gasteiger charge is -2.39. The molecule has 0 bridgehead atoms. The topological polar surface area (TPSA) is 113 Å². The molecule has 1 aliphatic carbocycles. The van der Waals surface area contributed by atoms with Gasteiger partial charge >= 0.3 is 12.1 Å². The van der Waals surface area contributed by atoms with Gasteiger partial charge in [-0.3, -0.25) is 4.79 Å². The lowest BCUT2D eigenvalue weighted by molar-refractivity contribution is -0.143. The molecule has 0 radical (unpaired) electrons. The second-order valence-corrected chi connectivity index (χ2v) is 12.3. The van der Waals surface area contributed by atoms with Gasteiger partial charge < -0.3 is 29.6 Å². The zero-order valence-electron chi connectivity index (χ0n) is 26.7. The number of hydrogen-bond donors (Lipinski definition) is 1. The van der Waals surface area contributed by atoms with Crippen LogP contribution in [0, 0.1) is 6.92 Å². The van der Waals surface area contributed by atoms with E-state index in [-0.39, 0.29) is 30.0 Å². The molecule has 3 aromatic carbocycles. The fourth-order valence-corrected chi connectivity index (χ4v) is 6.93. The van der Waals surface area contributed by atoms with Crippen LogP contribution in [0.5, 0.6) is 5.75 Å². The van der Waals surface area contributed by atoms with Crippen LogP contribution in [0.2, 0.25) is 0 Å². The van der Waals surface area contributed by atoms with Crippen molar-refractivity contribution in [1.29, 1.82) is 0 Å². The number of likely N-dealkylation sites (tertiary alicyclic amines) is 1. The van der Waals surface area contributed by atoms with Crippen molar-refractivity contribution in [2.45, 2.75) is 50.5 Å². The van der Waals surface area contributed by atoms with Crippen molar-refractivity contribution in [3.8, 4) is 16.9 Å². The van der Waals surface area contributed by atoms with Crippen LogP contribution in [-0.4, -0.2) is 62.5 Å². The van der Waals surface area contributed by atoms with E-state index < -0.39 is 0 Å². The highest BCUT2D eigenvalue weighted by Crippen LogP contribution is 2.53. The van der Waals surface area contributed by atoms with E-state index >= 15 is 0 Å². The average molecular weight is 624 g/mol. The number of nitrogens with two attached hydrogens (primary N) is 1. The Morgan fingerprint density at radius 3 is 2.54 bits per heavy atom. The van der Waals surface area contributed by atoms with Crippen molar-refractivity contribution in [3.63, 3.8) is 0 Å². The number of amides is 1. The molecule has 2 aliphatic rings. The summed E-state index contributed by atoms with van der Waals surface area (Å²) in [6, 6.07) is 20.8. The molecular weight excluding hydrogens is 582 g/mol. The Hall–Kier alpha value is -4.63. The summed E-state index contributed by atoms with van der Waals surface area (Å²) in [5, 5.41) is 1.96. The monoisotopic (exact) mass is 623 g/mol. The maximum absolute atomic E-state index is 12.7. The van der Waals surface area contributed by atoms with Gasteiger partial charge in [0, 0.05) is 55.8 Å². The van der Waals surface area contributed by atoms with Crippen molar-refractivity contribution in [3.05, 3.63) is 89.1 Å². The number of piperidine rings is 1. The zero-order chi connectivity index (χ0) is 32.3. The minimum absolute atomic E-state index is 0.119. The normalized spacial score (nSPS) is 16.8. The SMILES string of the molecule is COCCCOC(=O)Cc1ccc(C)cc1OC1CC2(CCN(C(=O)OC)CC2)c2ccc(-c3ccc4ccnc(N)c4c3)cc21. The Balaban J connectivity index is 1.33. The van der Waals surface area contributed by atoms with Crippen molar-refractivity contribution in [1.82, 2.24) is 9.88 Å². The van der Waals surface area contributed by atoms with Crippen LogP contribution < -0.4 is 10.5 Å². The molecule has 1 spiro atoms. The molecule has 1 fully saturated rings. The molecule has 4 aromatic rings. The summed E-state index contributed by atoms with van der Waals surface area (Å²) in [6.45, 7) is 4.10. The number of hydrogen-bond acceptors (Lipinski definition) is 8. The molecular formula is C37H41N3O6. The molecule has 1 aromatic heterocycles. The van der Waals surface area contributed by atoms with Crippen LogP contribution >= 0.6 is 0 Å². The highest BCUT2D eigenvalue weighted by Gasteiger charge is 2.47. The van der Waals surface area contributed by atoms with Crippen LogP contribution in [0.4, 0.5) is 10.6 Å². The quantitative estimate of drug-likeness (QED) is 0.165. The maximum Gasteiger partial charge on any atom is 0.409 e. The Kier molecular flexibility index (Phi) is 9.12. The summed E-state index contributed by atoms with van der Waals surface area (Å²) in [5.41, 5.74) is 12.4. The lowest BCUT2D eigenvalue weighted by atomic mass is 9.73. The predicted octanol–water partition coefficient (Wildman–Crippen LogP) is 6.54. The van der Waals surface area contributed by atoms with E-state index in [0.717, 1.165) is 57.9 Å². The minimum atomic E-state index is -0.296. The Morgan fingerprint density at radius 2 is 1.76 bits per heavy atom. The third kappa shape index (κ3) is 6.37. The number of aromatic nitrogens is 1. The summed E-state index contributed by atoms with van der Waals surface area (Å²) >= 11 is 0. The number of fused-ring (bicyclic) bond motifs is 3. The first-order valence-electron chi connectivity index (χ1n) is 15.8. The fraction of sp³-hybridized carbons (Fsp3) is 0.378. The first-order chi connectivity index (χ1) is 22.3. The minimum Gasteiger partial charge on any atom is -0.485 e. The second-order valence-electron chi connectivity index (χ2n) is 12.3. The third-order valence-corrected chi connectivity index (χ3v) is 9.41. The number of aryl methyl sites for hydroxylation is 1. The van der Waals surface area contributed by atoms with Gasteiger partial charge in [0.25, 0.3) is 0 Å². The molecule has 240 valence electrons. The van der Waals surface area contributed by atoms with Crippen LogP contribution in [0.3, 0.4) is 0 Å². The van der Waals surface area contributed by atoms with Crippen molar-refractivity contribution < 1.29 is 28.5 Å². The van der Waals surface area contributed by atoms with Gasteiger partial charge in [0.1, 0.15) is 17.7 Å². The highest BCUT2D eigenvalue weighted by molar-refractivity contribution is 5.94. The largest absolute Gasteiger partial charge is 0.485 e. The Bertz CT molecular complexity index is 1750. The Labute approximate surface area is 269 Å². The number of benzene rings is 3. The molecule has 46 heavy (non-hydrogen) atoms. The first-order valence-corrected chi connectivity index (χ1v) is 15.8. The molecule has 1 saturated heterocycles. The van der Waals surface area contributed by atoms with E-state index in [1.54, 1.807) is 18.2 Å². The van der Waals surface area contributed by atoms with E-state index in [2.05, 4.69) is 41.4 Å². The van der Waals surface area contributed by atoms with Crippen LogP contribution in [-0.2, 0) is 30.8 Å². The van der Waals surface area contributed by atoms with Gasteiger partial charge in [0.15, 0.2) is 0 Å². The standard InChI is InChI=1S/C37H41N3O6/c1-24-5-6-28(22-34(41)45-18-4-17-43-2)32(19-24)46-33-23-37(12-15-40(16-13-37)36(42)44-3)31-10-9-27(21-30(31)33)26-8-7-25-11-14-39-35(38)29(25)20-26/h5-11,14,19-21,33H,4,12-13,15-18,22-23H2,1-3H3,(H2,38,39). The van der Waals surface area contributed by atoms with E-state index in [1.165, 1.54) is 12.7 Å². The highest BCUT2D eigenvalue weighted by atomic mass is 16.5. The second kappa shape index (κ2) is 13.4. The molecule has 9 nitrogen and oxygen atoms in total. The van der Waals surface area contributed by atoms with Crippen LogP contribution in [0.25, 0.3) is 21.9 Å². The van der Waals surface area contributed by atoms with Gasteiger partial charge in [-0.15, -0.1) is 0 Å². The summed E-state index contributed by atoms with van der Waals surface area (Å²) in [6.07, 6.45) is 4.33. The zero-order valence-corrected chi connectivity index (χ0v) is 26.7. The number of nitrogens with zero attached hydrogens (tertiary/aromatic N) is 2. The molecule has 1 amide bonds. The summed E-state index contributed by atoms with van der Waals surface area (Å²) in [4.78, 5) is 31.1. The van der Waals surface area contributed by atoms with Gasteiger partial charge in [0.05, 0.1) is 20.1 Å². The van der Waals surface area contributed by atoms with Gasteiger partial charge in [-0.25, -0.2) is 9.78 Å². The number of esters is 1. The number of anilines is 1. The van der Waals surface area contributed by atoms with E-state index in [1.807, 2.05) is 31.2 Å². The van der Waals surface area contributed by atoms with Crippen molar-refractivity contribution in [2.24, 2.45) is 0 Å². The maximum atomic E-state index is 12.7. The van der Waals surface area contributed by atoms with E-state index in [0.29, 0.717) is 44.3 Å². The van der Waals surface area contributed by atoms with E-state index in [9.17, 15) is 9.59 Å². The molecule has 1 aliphatic heterocycles. The van der Waals surface area contributed by atoms with Gasteiger partial charge in [-0.2, -0.15) is 0 Å². The van der Waals surface area contributed by atoms with Crippen LogP contribution in [0.15, 0.2) is 66.9 Å². The number of pyridine rings is 1. The molecule has 2 N–H and O–H groups in total. The van der Waals surface area contributed by atoms with Gasteiger partial charge in [-0.05, 0) is 83.7 Å². The molecule has 6 rings (SSSR count). The number of nitrogen functional groups attached to an aromatic ring is 1. The number of methoxy groups -OCH3 is 2. The molecule has 9 heteroatoms. The Morgan fingerprint density at radius 1 is 0.978 bits per heavy atom. The van der Waals surface area contributed by atoms with Gasteiger partial charge in [-0.1, -0.05) is 36.4 Å². The summed E-state index contributed by atoms with van der Waals surface area (Å²) in [7, 11) is 3.05. The third-order valence-electron chi connectivity index (χ3n) is 9.41. The van der Waals surface area contributed by atoms with Crippen molar-refractivity contribution in [2.75, 3.05) is 46.3 Å². The number of carbonyl (C=O) groups is 2. The summed E-state index contributed by atoms with van der Waals surface area (Å²) in [5.74, 6) is 0.890.